The van der Waals surface area contributed by atoms with E-state index in [0.717, 1.165) is 23.3 Å². The van der Waals surface area contributed by atoms with Crippen LogP contribution >= 0.6 is 0 Å². The Morgan fingerprint density at radius 1 is 1.13 bits per heavy atom. The lowest BCUT2D eigenvalue weighted by molar-refractivity contribution is -0.137. The van der Waals surface area contributed by atoms with Crippen molar-refractivity contribution in [3.63, 3.8) is 0 Å². The molecule has 0 aliphatic carbocycles. The van der Waals surface area contributed by atoms with Crippen LogP contribution in [0, 0.1) is 6.92 Å². The highest BCUT2D eigenvalue weighted by molar-refractivity contribution is 6.04. The fraction of sp³-hybridized carbons (Fsp3) is 0.286. The number of rotatable bonds is 6. The minimum Gasteiger partial charge on any atom is -0.382 e. The van der Waals surface area contributed by atoms with Crippen LogP contribution < -0.4 is 10.6 Å². The summed E-state index contributed by atoms with van der Waals surface area (Å²) < 4.78 is 38.2. The van der Waals surface area contributed by atoms with Gasteiger partial charge in [0.15, 0.2) is 0 Å². The smallest absolute Gasteiger partial charge is 0.382 e. The minimum absolute atomic E-state index is 0.0841. The van der Waals surface area contributed by atoms with Gasteiger partial charge in [0.25, 0.3) is 5.91 Å². The number of hydrogen-bond donors (Lipinski definition) is 2. The minimum atomic E-state index is -4.45. The molecule has 1 aliphatic heterocycles. The average molecular weight is 419 g/mol. The van der Waals surface area contributed by atoms with Gasteiger partial charge in [-0.2, -0.15) is 13.2 Å². The van der Waals surface area contributed by atoms with Gasteiger partial charge in [0.2, 0.25) is 12.0 Å². The lowest BCUT2D eigenvalue weighted by Crippen LogP contribution is -2.41. The maximum absolute atomic E-state index is 12.7. The van der Waals surface area contributed by atoms with E-state index in [1.807, 2.05) is 31.2 Å². The van der Waals surface area contributed by atoms with E-state index in [0.29, 0.717) is 11.3 Å². The number of nitrogens with zero attached hydrogens (tertiary/aromatic N) is 1. The molecule has 2 amide bonds. The zero-order chi connectivity index (χ0) is 21.7. The third-order valence-corrected chi connectivity index (χ3v) is 4.51. The van der Waals surface area contributed by atoms with Gasteiger partial charge < -0.3 is 15.5 Å². The molecule has 0 fully saturated rings. The van der Waals surface area contributed by atoms with Crippen LogP contribution in [0.5, 0.6) is 0 Å². The number of benzene rings is 2. The number of halogens is 3. The standard InChI is InChI=1S/C21H20F3N3O3/c1-13-5-7-15(8-6-13)17-10-18(30-27-17)20(29)26-12-19(28)25-11-14-3-2-4-16(9-14)21(22,23)24/h2-9,18H,10-12H2,1H3,(H,25,28)(H,26,29)/t18-/m0/s1. The Kier molecular flexibility index (Phi) is 6.39. The highest BCUT2D eigenvalue weighted by Gasteiger charge is 2.30. The Morgan fingerprint density at radius 3 is 2.57 bits per heavy atom. The molecule has 2 N–H and O–H groups in total. The third-order valence-electron chi connectivity index (χ3n) is 4.51. The number of hydrogen-bond acceptors (Lipinski definition) is 4. The molecule has 158 valence electrons. The zero-order valence-corrected chi connectivity index (χ0v) is 16.1. The van der Waals surface area contributed by atoms with Gasteiger partial charge in [-0.1, -0.05) is 47.1 Å². The highest BCUT2D eigenvalue weighted by atomic mass is 19.4. The van der Waals surface area contributed by atoms with Crippen LogP contribution in [0.3, 0.4) is 0 Å². The lowest BCUT2D eigenvalue weighted by Gasteiger charge is -2.11. The summed E-state index contributed by atoms with van der Waals surface area (Å²) in [5.74, 6) is -1.02. The molecule has 0 unspecified atom stereocenters. The van der Waals surface area contributed by atoms with Crippen molar-refractivity contribution in [3.05, 3.63) is 70.8 Å². The summed E-state index contributed by atoms with van der Waals surface area (Å²) >= 11 is 0. The quantitative estimate of drug-likeness (QED) is 0.756. The van der Waals surface area contributed by atoms with Crippen LogP contribution in [0.2, 0.25) is 0 Å². The van der Waals surface area contributed by atoms with Gasteiger partial charge in [-0.3, -0.25) is 9.59 Å². The van der Waals surface area contributed by atoms with Gasteiger partial charge in [0.1, 0.15) is 0 Å². The van der Waals surface area contributed by atoms with Gasteiger partial charge in [-0.25, -0.2) is 0 Å². The van der Waals surface area contributed by atoms with Crippen LogP contribution in [-0.4, -0.2) is 30.2 Å². The first-order valence-electron chi connectivity index (χ1n) is 9.22. The van der Waals surface area contributed by atoms with Gasteiger partial charge in [0, 0.05) is 13.0 Å². The molecule has 1 heterocycles. The van der Waals surface area contributed by atoms with Crippen molar-refractivity contribution in [1.29, 1.82) is 0 Å². The molecule has 30 heavy (non-hydrogen) atoms. The van der Waals surface area contributed by atoms with Crippen LogP contribution in [0.1, 0.15) is 28.7 Å². The van der Waals surface area contributed by atoms with Crippen LogP contribution in [-0.2, 0) is 27.1 Å². The molecule has 1 aliphatic rings. The number of alkyl halides is 3. The second-order valence-electron chi connectivity index (χ2n) is 6.89. The molecule has 0 saturated heterocycles. The summed E-state index contributed by atoms with van der Waals surface area (Å²) in [7, 11) is 0. The van der Waals surface area contributed by atoms with E-state index in [1.165, 1.54) is 12.1 Å². The first-order chi connectivity index (χ1) is 14.2. The molecule has 2 aromatic rings. The van der Waals surface area contributed by atoms with Crippen molar-refractivity contribution in [2.75, 3.05) is 6.54 Å². The fourth-order valence-electron chi connectivity index (χ4n) is 2.84. The summed E-state index contributed by atoms with van der Waals surface area (Å²) in [5, 5.41) is 8.85. The number of aryl methyl sites for hydroxylation is 1. The Hall–Kier alpha value is -3.36. The van der Waals surface area contributed by atoms with Crippen molar-refractivity contribution >= 4 is 17.5 Å². The van der Waals surface area contributed by atoms with E-state index in [1.54, 1.807) is 0 Å². The zero-order valence-electron chi connectivity index (χ0n) is 16.1. The molecule has 0 bridgehead atoms. The second-order valence-corrected chi connectivity index (χ2v) is 6.89. The number of carbonyl (C=O) groups is 2. The largest absolute Gasteiger partial charge is 0.416 e. The van der Waals surface area contributed by atoms with E-state index in [-0.39, 0.29) is 19.5 Å². The van der Waals surface area contributed by atoms with E-state index in [2.05, 4.69) is 15.8 Å². The Balaban J connectivity index is 1.43. The SMILES string of the molecule is Cc1ccc(C2=NO[C@H](C(=O)NCC(=O)NCc3cccc(C(F)(F)F)c3)C2)cc1. The second kappa shape index (κ2) is 8.98. The maximum atomic E-state index is 12.7. The summed E-state index contributed by atoms with van der Waals surface area (Å²) in [6, 6.07) is 12.3. The Labute approximate surface area is 171 Å². The number of oxime groups is 1. The molecule has 0 saturated carbocycles. The maximum Gasteiger partial charge on any atom is 0.416 e. The van der Waals surface area contributed by atoms with Gasteiger partial charge in [0.05, 0.1) is 17.8 Å². The van der Waals surface area contributed by atoms with E-state index in [9.17, 15) is 22.8 Å². The lowest BCUT2D eigenvalue weighted by atomic mass is 10.0. The topological polar surface area (TPSA) is 79.8 Å². The molecule has 9 heteroatoms. The summed E-state index contributed by atoms with van der Waals surface area (Å²) in [6.07, 6.45) is -5.01. The molecule has 0 aromatic heterocycles. The molecule has 0 spiro atoms. The van der Waals surface area contributed by atoms with E-state index < -0.39 is 29.7 Å². The number of amides is 2. The van der Waals surface area contributed by atoms with Crippen LogP contribution in [0.15, 0.2) is 53.7 Å². The summed E-state index contributed by atoms with van der Waals surface area (Å²) in [5.41, 5.74) is 2.12. The van der Waals surface area contributed by atoms with Crippen molar-refractivity contribution in [1.82, 2.24) is 10.6 Å². The summed E-state index contributed by atoms with van der Waals surface area (Å²) in [4.78, 5) is 29.3. The average Bonchev–Trinajstić information content (AvgIpc) is 3.21. The third kappa shape index (κ3) is 5.59. The molecular weight excluding hydrogens is 399 g/mol. The van der Waals surface area contributed by atoms with Crippen LogP contribution in [0.4, 0.5) is 13.2 Å². The Morgan fingerprint density at radius 2 is 1.87 bits per heavy atom. The first-order valence-corrected chi connectivity index (χ1v) is 9.22. The van der Waals surface area contributed by atoms with Gasteiger partial charge in [-0.15, -0.1) is 0 Å². The predicted octanol–water partition coefficient (Wildman–Crippen LogP) is 2.94. The molecule has 1 atom stereocenters. The molecule has 6 nitrogen and oxygen atoms in total. The van der Waals surface area contributed by atoms with Crippen molar-refractivity contribution in [3.8, 4) is 0 Å². The predicted molar refractivity (Wildman–Crippen MR) is 104 cm³/mol. The van der Waals surface area contributed by atoms with E-state index >= 15 is 0 Å². The number of carbonyl (C=O) groups excluding carboxylic acids is 2. The molecule has 3 rings (SSSR count). The normalized spacial score (nSPS) is 15.9. The van der Waals surface area contributed by atoms with Crippen molar-refractivity contribution in [2.24, 2.45) is 5.16 Å². The molecular formula is C21H20F3N3O3. The van der Waals surface area contributed by atoms with Crippen molar-refractivity contribution < 1.29 is 27.6 Å². The van der Waals surface area contributed by atoms with Crippen LogP contribution in [0.25, 0.3) is 0 Å². The monoisotopic (exact) mass is 419 g/mol. The first kappa shape index (κ1) is 21.4. The molecule has 0 radical (unpaired) electrons. The van der Waals surface area contributed by atoms with Gasteiger partial charge in [-0.05, 0) is 30.2 Å². The fourth-order valence-corrected chi connectivity index (χ4v) is 2.84. The Bertz CT molecular complexity index is 956. The number of nitrogens with one attached hydrogen (secondary N) is 2. The van der Waals surface area contributed by atoms with E-state index in [4.69, 9.17) is 4.84 Å². The summed E-state index contributed by atoms with van der Waals surface area (Å²) in [6.45, 7) is 1.56. The highest BCUT2D eigenvalue weighted by Crippen LogP contribution is 2.29. The van der Waals surface area contributed by atoms with Crippen molar-refractivity contribution in [2.45, 2.75) is 32.2 Å². The van der Waals surface area contributed by atoms with Gasteiger partial charge >= 0.3 is 6.18 Å². The molecule has 2 aromatic carbocycles.